The summed E-state index contributed by atoms with van der Waals surface area (Å²) >= 11 is 0. The fourth-order valence-electron chi connectivity index (χ4n) is 3.09. The molecule has 0 aliphatic carbocycles. The van der Waals surface area contributed by atoms with Gasteiger partial charge in [0.15, 0.2) is 0 Å². The van der Waals surface area contributed by atoms with Crippen LogP contribution in [0.5, 0.6) is 5.75 Å². The average molecular weight is 372 g/mol. The molecule has 2 aromatic heterocycles. The number of nitrogens with zero attached hydrogens (tertiary/aromatic N) is 3. The first-order chi connectivity index (χ1) is 13.5. The van der Waals surface area contributed by atoms with Crippen molar-refractivity contribution in [3.05, 3.63) is 81.9 Å². The summed E-state index contributed by atoms with van der Waals surface area (Å²) in [6.45, 7) is 3.92. The van der Waals surface area contributed by atoms with Gasteiger partial charge in [0.1, 0.15) is 11.6 Å². The average Bonchev–Trinajstić information content (AvgIpc) is 3.12. The van der Waals surface area contributed by atoms with E-state index in [1.165, 1.54) is 0 Å². The number of fused-ring (bicyclic) bond motifs is 1. The minimum atomic E-state index is -0.145. The van der Waals surface area contributed by atoms with Crippen LogP contribution in [0.2, 0.25) is 0 Å². The number of imidazole rings is 1. The Morgan fingerprint density at radius 2 is 1.96 bits per heavy atom. The van der Waals surface area contributed by atoms with Crippen LogP contribution in [0.3, 0.4) is 0 Å². The number of hydrogen-bond acceptors (Lipinski definition) is 4. The van der Waals surface area contributed by atoms with Crippen LogP contribution in [-0.4, -0.2) is 26.6 Å². The fourth-order valence-corrected chi connectivity index (χ4v) is 3.09. The van der Waals surface area contributed by atoms with Crippen molar-refractivity contribution in [3.63, 3.8) is 0 Å². The first kappa shape index (κ1) is 17.7. The van der Waals surface area contributed by atoms with Gasteiger partial charge in [-0.1, -0.05) is 18.2 Å². The second-order valence-electron chi connectivity index (χ2n) is 6.66. The van der Waals surface area contributed by atoms with Crippen molar-refractivity contribution < 1.29 is 4.74 Å². The second-order valence-corrected chi connectivity index (χ2v) is 6.66. The lowest BCUT2D eigenvalue weighted by Gasteiger charge is -2.10. The second kappa shape index (κ2) is 7.15. The Bertz CT molecular complexity index is 1250. The van der Waals surface area contributed by atoms with Crippen molar-refractivity contribution in [2.75, 3.05) is 7.11 Å². The molecule has 0 unspecified atom stereocenters. The standard InChI is InChI=1S/C22H20N4O2/c1-14-4-7-17-18(10-14)24-21(25-22(17)27)9-6-16-5-8-19(20(11-16)28-3)26-12-15(2)23-13-26/h4-13H,1-3H3,(H,24,25,27)/b9-6+. The van der Waals surface area contributed by atoms with Crippen molar-refractivity contribution >= 4 is 23.1 Å². The molecule has 0 amide bonds. The van der Waals surface area contributed by atoms with Gasteiger partial charge in [-0.05, 0) is 55.3 Å². The van der Waals surface area contributed by atoms with Crippen LogP contribution in [0.4, 0.5) is 0 Å². The Balaban J connectivity index is 1.68. The van der Waals surface area contributed by atoms with Gasteiger partial charge in [0.2, 0.25) is 0 Å². The quantitative estimate of drug-likeness (QED) is 0.590. The normalized spacial score (nSPS) is 11.4. The summed E-state index contributed by atoms with van der Waals surface area (Å²) in [5, 5.41) is 0.587. The van der Waals surface area contributed by atoms with Crippen LogP contribution in [-0.2, 0) is 0 Å². The molecule has 0 saturated carbocycles. The Labute approximate surface area is 162 Å². The number of methoxy groups -OCH3 is 1. The molecule has 0 aliphatic rings. The molecule has 2 heterocycles. The minimum Gasteiger partial charge on any atom is -0.495 e. The molecule has 2 aromatic carbocycles. The van der Waals surface area contributed by atoms with Crippen molar-refractivity contribution in [1.29, 1.82) is 0 Å². The maximum Gasteiger partial charge on any atom is 0.259 e. The van der Waals surface area contributed by atoms with Crippen LogP contribution in [0.1, 0.15) is 22.6 Å². The van der Waals surface area contributed by atoms with Crippen molar-refractivity contribution in [1.82, 2.24) is 19.5 Å². The molecule has 0 atom stereocenters. The van der Waals surface area contributed by atoms with Gasteiger partial charge in [-0.15, -0.1) is 0 Å². The van der Waals surface area contributed by atoms with Crippen molar-refractivity contribution in [3.8, 4) is 11.4 Å². The van der Waals surface area contributed by atoms with Gasteiger partial charge in [0.25, 0.3) is 5.56 Å². The maximum absolute atomic E-state index is 12.3. The zero-order valence-electron chi connectivity index (χ0n) is 15.9. The third kappa shape index (κ3) is 3.44. The van der Waals surface area contributed by atoms with Crippen LogP contribution in [0, 0.1) is 13.8 Å². The molecule has 0 fully saturated rings. The number of H-pyrrole nitrogens is 1. The van der Waals surface area contributed by atoms with E-state index < -0.39 is 0 Å². The first-order valence-corrected chi connectivity index (χ1v) is 8.91. The lowest BCUT2D eigenvalue weighted by Crippen LogP contribution is -2.09. The molecule has 140 valence electrons. The molecule has 0 spiro atoms. The molecule has 6 nitrogen and oxygen atoms in total. The Morgan fingerprint density at radius 1 is 1.11 bits per heavy atom. The number of aromatic nitrogens is 4. The Kier molecular flexibility index (Phi) is 4.53. The third-order valence-corrected chi connectivity index (χ3v) is 4.51. The van der Waals surface area contributed by atoms with Gasteiger partial charge < -0.3 is 14.3 Å². The van der Waals surface area contributed by atoms with Gasteiger partial charge >= 0.3 is 0 Å². The van der Waals surface area contributed by atoms with E-state index in [4.69, 9.17) is 4.74 Å². The van der Waals surface area contributed by atoms with Crippen molar-refractivity contribution in [2.45, 2.75) is 13.8 Å². The first-order valence-electron chi connectivity index (χ1n) is 8.91. The van der Waals surface area contributed by atoms with Crippen molar-refractivity contribution in [2.24, 2.45) is 0 Å². The van der Waals surface area contributed by atoms with E-state index in [2.05, 4.69) is 15.0 Å². The highest BCUT2D eigenvalue weighted by Gasteiger charge is 2.07. The van der Waals surface area contributed by atoms with E-state index in [1.54, 1.807) is 25.6 Å². The maximum atomic E-state index is 12.3. The predicted molar refractivity (Wildman–Crippen MR) is 111 cm³/mol. The largest absolute Gasteiger partial charge is 0.495 e. The van der Waals surface area contributed by atoms with Crippen LogP contribution in [0.25, 0.3) is 28.7 Å². The number of hydrogen-bond donors (Lipinski definition) is 1. The summed E-state index contributed by atoms with van der Waals surface area (Å²) in [4.78, 5) is 23.9. The fraction of sp³-hybridized carbons (Fsp3) is 0.136. The number of aromatic amines is 1. The Hall–Kier alpha value is -3.67. The lowest BCUT2D eigenvalue weighted by atomic mass is 10.1. The van der Waals surface area contributed by atoms with Gasteiger partial charge in [-0.3, -0.25) is 4.79 Å². The number of rotatable bonds is 4. The molecular weight excluding hydrogens is 352 g/mol. The van der Waals surface area contributed by atoms with Crippen LogP contribution < -0.4 is 10.3 Å². The molecule has 4 rings (SSSR count). The monoisotopic (exact) mass is 372 g/mol. The summed E-state index contributed by atoms with van der Waals surface area (Å²) in [5.74, 6) is 1.24. The van der Waals surface area contributed by atoms with E-state index in [0.717, 1.165) is 28.3 Å². The lowest BCUT2D eigenvalue weighted by molar-refractivity contribution is 0.413. The highest BCUT2D eigenvalue weighted by Crippen LogP contribution is 2.25. The molecule has 1 N–H and O–H groups in total. The van der Waals surface area contributed by atoms with E-state index >= 15 is 0 Å². The van der Waals surface area contributed by atoms with E-state index in [-0.39, 0.29) is 5.56 Å². The van der Waals surface area contributed by atoms with E-state index in [0.29, 0.717) is 16.7 Å². The predicted octanol–water partition coefficient (Wildman–Crippen LogP) is 3.90. The zero-order valence-corrected chi connectivity index (χ0v) is 15.9. The number of benzene rings is 2. The van der Waals surface area contributed by atoms with Gasteiger partial charge in [0.05, 0.1) is 35.7 Å². The van der Waals surface area contributed by atoms with Gasteiger partial charge in [-0.2, -0.15) is 0 Å². The third-order valence-electron chi connectivity index (χ3n) is 4.51. The molecule has 6 heteroatoms. The molecular formula is C22H20N4O2. The molecule has 0 bridgehead atoms. The summed E-state index contributed by atoms with van der Waals surface area (Å²) in [7, 11) is 1.64. The highest BCUT2D eigenvalue weighted by atomic mass is 16.5. The molecule has 4 aromatic rings. The summed E-state index contributed by atoms with van der Waals surface area (Å²) in [5.41, 5.74) is 4.39. The topological polar surface area (TPSA) is 72.8 Å². The molecule has 28 heavy (non-hydrogen) atoms. The highest BCUT2D eigenvalue weighted by molar-refractivity contribution is 5.80. The smallest absolute Gasteiger partial charge is 0.259 e. The van der Waals surface area contributed by atoms with Gasteiger partial charge in [0, 0.05) is 6.20 Å². The number of ether oxygens (including phenoxy) is 1. The molecule has 0 aliphatic heterocycles. The summed E-state index contributed by atoms with van der Waals surface area (Å²) in [6, 6.07) is 11.5. The van der Waals surface area contributed by atoms with Crippen LogP contribution >= 0.6 is 0 Å². The number of nitrogens with one attached hydrogen (secondary N) is 1. The molecule has 0 radical (unpaired) electrons. The van der Waals surface area contributed by atoms with Crippen LogP contribution in [0.15, 0.2) is 53.7 Å². The zero-order chi connectivity index (χ0) is 19.7. The minimum absolute atomic E-state index is 0.145. The number of aryl methyl sites for hydroxylation is 2. The molecule has 0 saturated heterocycles. The van der Waals surface area contributed by atoms with Gasteiger partial charge in [-0.25, -0.2) is 9.97 Å². The summed E-state index contributed by atoms with van der Waals surface area (Å²) in [6.07, 6.45) is 7.39. The summed E-state index contributed by atoms with van der Waals surface area (Å²) < 4.78 is 7.46. The Morgan fingerprint density at radius 3 is 2.71 bits per heavy atom. The van der Waals surface area contributed by atoms with E-state index in [9.17, 15) is 4.79 Å². The SMILES string of the molecule is COc1cc(/C=C/c2nc3cc(C)ccc3c(=O)[nH]2)ccc1-n1cnc(C)c1. The van der Waals surface area contributed by atoms with E-state index in [1.807, 2.05) is 61.0 Å².